The number of nitrogens with zero attached hydrogens (tertiary/aromatic N) is 3. The molecule has 0 bridgehead atoms. The van der Waals surface area contributed by atoms with E-state index >= 15 is 0 Å². The zero-order valence-electron chi connectivity index (χ0n) is 17.4. The zero-order chi connectivity index (χ0) is 21.5. The Kier molecular flexibility index (Phi) is 7.39. The smallest absolute Gasteiger partial charge is 0.326 e. The lowest BCUT2D eigenvalue weighted by atomic mass is 10.2. The highest BCUT2D eigenvalue weighted by Crippen LogP contribution is 2.32. The van der Waals surface area contributed by atoms with Gasteiger partial charge in [0.2, 0.25) is 0 Å². The van der Waals surface area contributed by atoms with Crippen LogP contribution in [0.25, 0.3) is 0 Å². The third-order valence-corrected chi connectivity index (χ3v) is 6.25. The van der Waals surface area contributed by atoms with Crippen LogP contribution in [0.4, 0.5) is 16.2 Å². The van der Waals surface area contributed by atoms with Gasteiger partial charge in [-0.15, -0.1) is 11.8 Å². The Morgan fingerprint density at radius 2 is 1.90 bits per heavy atom. The van der Waals surface area contributed by atoms with E-state index in [2.05, 4.69) is 20.5 Å². The lowest BCUT2D eigenvalue weighted by Crippen LogP contribution is -2.38. The van der Waals surface area contributed by atoms with Crippen molar-refractivity contribution in [2.24, 2.45) is 0 Å². The molecule has 3 amide bonds. The van der Waals surface area contributed by atoms with Gasteiger partial charge in [0.05, 0.1) is 18.9 Å². The minimum atomic E-state index is -0.199. The number of ether oxygens (including phenoxy) is 1. The first-order chi connectivity index (χ1) is 15.2. The number of urea groups is 1. The molecular weight excluding hydrogens is 414 g/mol. The molecule has 31 heavy (non-hydrogen) atoms. The van der Waals surface area contributed by atoms with E-state index in [9.17, 15) is 9.59 Å². The predicted octanol–water partition coefficient (Wildman–Crippen LogP) is 2.68. The molecule has 2 aromatic rings. The fraction of sp³-hybridized carbons (Fsp3) is 0.409. The number of carbonyl (C=O) groups excluding carboxylic acids is 2. The maximum Gasteiger partial charge on any atom is 0.326 e. The summed E-state index contributed by atoms with van der Waals surface area (Å²) in [7, 11) is 0. The Labute approximate surface area is 186 Å². The molecule has 0 spiro atoms. The van der Waals surface area contributed by atoms with E-state index < -0.39 is 0 Å². The molecule has 0 radical (unpaired) electrons. The summed E-state index contributed by atoms with van der Waals surface area (Å²) >= 11 is 1.65. The molecule has 9 heteroatoms. The quantitative estimate of drug-likeness (QED) is 0.671. The molecule has 0 saturated carbocycles. The molecule has 0 atom stereocenters. The first-order valence-corrected chi connectivity index (χ1v) is 11.5. The summed E-state index contributed by atoms with van der Waals surface area (Å²) in [6.07, 6.45) is 2.64. The number of hydrogen-bond acceptors (Lipinski definition) is 6. The lowest BCUT2D eigenvalue weighted by molar-refractivity contribution is 0.0374. The third kappa shape index (κ3) is 5.75. The Morgan fingerprint density at radius 1 is 1.10 bits per heavy atom. The Bertz CT molecular complexity index is 902. The maximum absolute atomic E-state index is 12.7. The molecule has 1 aromatic heterocycles. The van der Waals surface area contributed by atoms with Crippen LogP contribution in [0.1, 0.15) is 16.8 Å². The molecule has 2 N–H and O–H groups in total. The van der Waals surface area contributed by atoms with Gasteiger partial charge < -0.3 is 15.4 Å². The van der Waals surface area contributed by atoms with E-state index in [4.69, 9.17) is 4.74 Å². The number of hydrogen-bond donors (Lipinski definition) is 2. The highest BCUT2D eigenvalue weighted by atomic mass is 32.2. The van der Waals surface area contributed by atoms with Crippen LogP contribution in [-0.2, 0) is 4.74 Å². The van der Waals surface area contributed by atoms with Crippen molar-refractivity contribution in [2.45, 2.75) is 11.4 Å². The summed E-state index contributed by atoms with van der Waals surface area (Å²) in [5.41, 5.74) is 2.05. The number of fused-ring (bicyclic) bond motifs is 1. The van der Waals surface area contributed by atoms with Gasteiger partial charge in [-0.25, -0.2) is 9.78 Å². The van der Waals surface area contributed by atoms with E-state index in [1.807, 2.05) is 12.1 Å². The van der Waals surface area contributed by atoms with E-state index in [0.717, 1.165) is 55.7 Å². The largest absolute Gasteiger partial charge is 0.379 e. The molecule has 164 valence electrons. The van der Waals surface area contributed by atoms with E-state index in [0.29, 0.717) is 24.3 Å². The minimum Gasteiger partial charge on any atom is -0.379 e. The van der Waals surface area contributed by atoms with E-state index in [1.54, 1.807) is 47.1 Å². The van der Waals surface area contributed by atoms with Gasteiger partial charge in [0.1, 0.15) is 5.03 Å². The predicted molar refractivity (Wildman–Crippen MR) is 122 cm³/mol. The standard InChI is InChI=1S/C22H27N5O3S/c28-20(23-9-2-10-26-11-14-30-15-12-26)17-4-6-18(7-5-17)25-22(29)27-13-16-31-21-19(27)3-1-8-24-21/h1,3-8H,2,9-16H2,(H,23,28)(H,25,29). The van der Waals surface area contributed by atoms with Gasteiger partial charge in [0, 0.05) is 49.4 Å². The summed E-state index contributed by atoms with van der Waals surface area (Å²) in [5.74, 6) is 0.704. The molecular formula is C22H27N5O3S. The monoisotopic (exact) mass is 441 g/mol. The second-order valence-electron chi connectivity index (χ2n) is 7.40. The van der Waals surface area contributed by atoms with Crippen LogP contribution in [0.5, 0.6) is 0 Å². The molecule has 3 heterocycles. The average molecular weight is 442 g/mol. The van der Waals surface area contributed by atoms with Crippen LogP contribution in [0.2, 0.25) is 0 Å². The number of anilines is 2. The summed E-state index contributed by atoms with van der Waals surface area (Å²) in [5, 5.41) is 6.73. The number of nitrogens with one attached hydrogen (secondary N) is 2. The second-order valence-corrected chi connectivity index (χ2v) is 8.48. The molecule has 2 aliphatic rings. The summed E-state index contributed by atoms with van der Waals surface area (Å²) in [6, 6.07) is 10.5. The van der Waals surface area contributed by atoms with Crippen molar-refractivity contribution in [3.8, 4) is 0 Å². The Hall–Kier alpha value is -2.62. The normalized spacial score (nSPS) is 16.5. The zero-order valence-corrected chi connectivity index (χ0v) is 18.2. The third-order valence-electron chi connectivity index (χ3n) is 5.28. The van der Waals surface area contributed by atoms with E-state index in [1.165, 1.54) is 0 Å². The topological polar surface area (TPSA) is 86.8 Å². The number of carbonyl (C=O) groups is 2. The molecule has 0 aliphatic carbocycles. The van der Waals surface area contributed by atoms with Crippen molar-refractivity contribution in [3.63, 3.8) is 0 Å². The van der Waals surface area contributed by atoms with Gasteiger partial charge in [-0.2, -0.15) is 0 Å². The summed E-state index contributed by atoms with van der Waals surface area (Å²) < 4.78 is 5.34. The van der Waals surface area contributed by atoms with Crippen molar-refractivity contribution in [2.75, 3.05) is 61.9 Å². The van der Waals surface area contributed by atoms with E-state index in [-0.39, 0.29) is 11.9 Å². The summed E-state index contributed by atoms with van der Waals surface area (Å²) in [4.78, 5) is 33.5. The molecule has 1 aromatic carbocycles. The summed E-state index contributed by atoms with van der Waals surface area (Å²) in [6.45, 7) is 5.71. The molecule has 2 aliphatic heterocycles. The number of rotatable bonds is 6. The molecule has 1 fully saturated rings. The number of amides is 3. The van der Waals surface area contributed by atoms with Gasteiger partial charge in [-0.1, -0.05) is 0 Å². The van der Waals surface area contributed by atoms with Gasteiger partial charge in [0.15, 0.2) is 0 Å². The Morgan fingerprint density at radius 3 is 2.71 bits per heavy atom. The van der Waals surface area contributed by atoms with Gasteiger partial charge >= 0.3 is 6.03 Å². The number of aromatic nitrogens is 1. The van der Waals surface area contributed by atoms with Crippen LogP contribution >= 0.6 is 11.8 Å². The second kappa shape index (κ2) is 10.6. The number of morpholine rings is 1. The fourth-order valence-corrected chi connectivity index (χ4v) is 4.52. The fourth-order valence-electron chi connectivity index (χ4n) is 3.59. The molecule has 0 unspecified atom stereocenters. The first kappa shape index (κ1) is 21.6. The number of benzene rings is 1. The highest BCUT2D eigenvalue weighted by molar-refractivity contribution is 7.99. The van der Waals surface area contributed by atoms with Crippen molar-refractivity contribution < 1.29 is 14.3 Å². The van der Waals surface area contributed by atoms with Crippen LogP contribution < -0.4 is 15.5 Å². The first-order valence-electron chi connectivity index (χ1n) is 10.6. The molecule has 4 rings (SSSR count). The Balaban J connectivity index is 1.25. The maximum atomic E-state index is 12.7. The number of pyridine rings is 1. The van der Waals surface area contributed by atoms with Crippen molar-refractivity contribution in [1.29, 1.82) is 0 Å². The molecule has 8 nitrogen and oxygen atoms in total. The van der Waals surface area contributed by atoms with Gasteiger partial charge in [-0.05, 0) is 49.4 Å². The SMILES string of the molecule is O=C(NCCCN1CCOCC1)c1ccc(NC(=O)N2CCSc3ncccc32)cc1. The van der Waals surface area contributed by atoms with Gasteiger partial charge in [0.25, 0.3) is 5.91 Å². The van der Waals surface area contributed by atoms with Crippen LogP contribution in [0.3, 0.4) is 0 Å². The average Bonchev–Trinajstić information content (AvgIpc) is 2.82. The van der Waals surface area contributed by atoms with Crippen molar-refractivity contribution >= 4 is 35.1 Å². The van der Waals surface area contributed by atoms with Crippen LogP contribution in [0, 0.1) is 0 Å². The van der Waals surface area contributed by atoms with Crippen molar-refractivity contribution in [1.82, 2.24) is 15.2 Å². The van der Waals surface area contributed by atoms with Crippen LogP contribution in [0.15, 0.2) is 47.6 Å². The van der Waals surface area contributed by atoms with Crippen molar-refractivity contribution in [3.05, 3.63) is 48.2 Å². The minimum absolute atomic E-state index is 0.104. The highest BCUT2D eigenvalue weighted by Gasteiger charge is 2.23. The van der Waals surface area contributed by atoms with Gasteiger partial charge in [-0.3, -0.25) is 14.6 Å². The number of thioether (sulfide) groups is 1. The lowest BCUT2D eigenvalue weighted by Gasteiger charge is -2.28. The molecule has 1 saturated heterocycles. The van der Waals surface area contributed by atoms with Crippen LogP contribution in [-0.4, -0.2) is 73.5 Å².